The highest BCUT2D eigenvalue weighted by Crippen LogP contribution is 2.39. The second-order valence-corrected chi connectivity index (χ2v) is 15.9. The molecule has 4 aromatic rings. The minimum absolute atomic E-state index is 0.0761. The van der Waals surface area contributed by atoms with Crippen molar-refractivity contribution in [2.75, 3.05) is 13.2 Å². The Bertz CT molecular complexity index is 1380. The van der Waals surface area contributed by atoms with Crippen LogP contribution in [0.5, 0.6) is 5.75 Å². The summed E-state index contributed by atoms with van der Waals surface area (Å²) in [7, 11) is -2.03. The second-order valence-electron chi connectivity index (χ2n) is 11.2. The number of hydrogen-bond acceptors (Lipinski definition) is 7. The fourth-order valence-corrected chi connectivity index (χ4v) is 5.29. The Morgan fingerprint density at radius 3 is 2.76 bits per heavy atom. The zero-order valence-electron chi connectivity index (χ0n) is 22.3. The molecule has 0 spiro atoms. The van der Waals surface area contributed by atoms with Gasteiger partial charge in [-0.15, -0.1) is 0 Å². The van der Waals surface area contributed by atoms with E-state index in [1.165, 1.54) is 0 Å². The zero-order valence-corrected chi connectivity index (χ0v) is 23.3. The van der Waals surface area contributed by atoms with Crippen molar-refractivity contribution < 1.29 is 14.3 Å². The number of aliphatic hydroxyl groups excluding tert-OH is 1. The molecule has 37 heavy (non-hydrogen) atoms. The van der Waals surface area contributed by atoms with E-state index in [9.17, 15) is 5.11 Å². The van der Waals surface area contributed by atoms with Crippen LogP contribution in [0.2, 0.25) is 18.1 Å². The molecule has 1 aliphatic heterocycles. The largest absolute Gasteiger partial charge is 0.543 e. The average Bonchev–Trinajstić information content (AvgIpc) is 3.49. The average molecular weight is 521 g/mol. The lowest BCUT2D eigenvalue weighted by Crippen LogP contribution is -2.43. The lowest BCUT2D eigenvalue weighted by molar-refractivity contribution is -0.0365. The van der Waals surface area contributed by atoms with E-state index in [4.69, 9.17) is 19.2 Å². The standard InChI is InChI=1S/C27H36N6O3Si/c1-27(2,3)37(4,5)36-20-9-10-22-21(16-20)25(31-33(22)24-8-6-7-15-35-24)26-28-13-11-23(30-26)32-18-19(12-14-34)17-29-32/h9-11,13,16-18,24,34H,6-8,12,14-15H2,1-5H3. The van der Waals surface area contributed by atoms with Crippen LogP contribution in [0.25, 0.3) is 28.2 Å². The highest BCUT2D eigenvalue weighted by Gasteiger charge is 2.39. The molecule has 1 aromatic carbocycles. The topological polar surface area (TPSA) is 100 Å². The third-order valence-corrected chi connectivity index (χ3v) is 11.8. The summed E-state index contributed by atoms with van der Waals surface area (Å²) < 4.78 is 16.4. The van der Waals surface area contributed by atoms with Crippen LogP contribution in [0.1, 0.15) is 51.8 Å². The molecule has 1 unspecified atom stereocenters. The van der Waals surface area contributed by atoms with E-state index in [2.05, 4.69) is 56.1 Å². The molecule has 4 heterocycles. The zero-order chi connectivity index (χ0) is 26.2. The predicted octanol–water partition coefficient (Wildman–Crippen LogP) is 5.30. The smallest absolute Gasteiger partial charge is 0.250 e. The molecule has 1 fully saturated rings. The first-order valence-electron chi connectivity index (χ1n) is 13.0. The van der Waals surface area contributed by atoms with Crippen LogP contribution < -0.4 is 4.43 Å². The Morgan fingerprint density at radius 1 is 1.19 bits per heavy atom. The number of fused-ring (bicyclic) bond motifs is 1. The molecule has 0 bridgehead atoms. The number of rotatable bonds is 7. The summed E-state index contributed by atoms with van der Waals surface area (Å²) in [6.45, 7) is 12.0. The van der Waals surface area contributed by atoms with Gasteiger partial charge in [-0.25, -0.2) is 19.3 Å². The molecule has 0 radical (unpaired) electrons. The summed E-state index contributed by atoms with van der Waals surface area (Å²) in [6, 6.07) is 8.00. The first-order valence-corrected chi connectivity index (χ1v) is 15.9. The Labute approximate surface area is 218 Å². The first-order chi connectivity index (χ1) is 17.7. The van der Waals surface area contributed by atoms with E-state index >= 15 is 0 Å². The third-order valence-electron chi connectivity index (χ3n) is 7.41. The van der Waals surface area contributed by atoms with Gasteiger partial charge in [-0.05, 0) is 67.6 Å². The summed E-state index contributed by atoms with van der Waals surface area (Å²) in [5, 5.41) is 19.7. The van der Waals surface area contributed by atoms with Crippen molar-refractivity contribution in [3.8, 4) is 23.1 Å². The first kappa shape index (κ1) is 25.6. The lowest BCUT2D eigenvalue weighted by Gasteiger charge is -2.36. The molecule has 0 amide bonds. The normalized spacial score (nSPS) is 16.9. The van der Waals surface area contributed by atoms with E-state index in [0.29, 0.717) is 23.8 Å². The molecule has 1 aliphatic rings. The molecule has 10 heteroatoms. The third kappa shape index (κ3) is 5.18. The van der Waals surface area contributed by atoms with Gasteiger partial charge in [0.05, 0.1) is 11.7 Å². The van der Waals surface area contributed by atoms with Crippen molar-refractivity contribution in [3.05, 3.63) is 48.4 Å². The van der Waals surface area contributed by atoms with Gasteiger partial charge >= 0.3 is 0 Å². The van der Waals surface area contributed by atoms with Crippen LogP contribution in [0.3, 0.4) is 0 Å². The van der Waals surface area contributed by atoms with Crippen molar-refractivity contribution in [2.45, 2.75) is 70.8 Å². The van der Waals surface area contributed by atoms with Gasteiger partial charge < -0.3 is 14.3 Å². The summed E-state index contributed by atoms with van der Waals surface area (Å²) in [5.41, 5.74) is 2.61. The molecule has 1 saturated heterocycles. The monoisotopic (exact) mass is 520 g/mol. The maximum Gasteiger partial charge on any atom is 0.250 e. The van der Waals surface area contributed by atoms with Gasteiger partial charge in [-0.2, -0.15) is 10.2 Å². The van der Waals surface area contributed by atoms with Crippen molar-refractivity contribution in [3.63, 3.8) is 0 Å². The number of nitrogens with zero attached hydrogens (tertiary/aromatic N) is 6. The number of aliphatic hydroxyl groups is 1. The van der Waals surface area contributed by atoms with Crippen molar-refractivity contribution >= 4 is 19.2 Å². The fraction of sp³-hybridized carbons (Fsp3) is 0.481. The highest BCUT2D eigenvalue weighted by atomic mass is 28.4. The van der Waals surface area contributed by atoms with Crippen LogP contribution in [0.4, 0.5) is 0 Å². The summed E-state index contributed by atoms with van der Waals surface area (Å²) >= 11 is 0. The van der Waals surface area contributed by atoms with Crippen LogP contribution in [-0.4, -0.2) is 56.2 Å². The van der Waals surface area contributed by atoms with E-state index in [-0.39, 0.29) is 17.9 Å². The molecular weight excluding hydrogens is 484 g/mol. The molecule has 196 valence electrons. The van der Waals surface area contributed by atoms with Gasteiger partial charge in [0, 0.05) is 37.1 Å². The van der Waals surface area contributed by atoms with Gasteiger partial charge in [0.1, 0.15) is 11.4 Å². The maximum atomic E-state index is 9.25. The van der Waals surface area contributed by atoms with E-state index in [0.717, 1.165) is 48.1 Å². The number of aromatic nitrogens is 6. The van der Waals surface area contributed by atoms with Gasteiger partial charge in [-0.3, -0.25) is 0 Å². The summed E-state index contributed by atoms with van der Waals surface area (Å²) in [6.07, 6.45) is 8.87. The number of benzene rings is 1. The van der Waals surface area contributed by atoms with Gasteiger partial charge in [-0.1, -0.05) is 20.8 Å². The van der Waals surface area contributed by atoms with Crippen LogP contribution >= 0.6 is 0 Å². The summed E-state index contributed by atoms with van der Waals surface area (Å²) in [5.74, 6) is 1.99. The molecule has 0 aliphatic carbocycles. The quantitative estimate of drug-likeness (QED) is 0.330. The van der Waals surface area contributed by atoms with E-state index in [1.54, 1.807) is 17.1 Å². The molecule has 5 rings (SSSR count). The SMILES string of the molecule is CC(C)(C)[Si](C)(C)Oc1ccc2c(c1)c(-c1nccc(-n3cc(CCO)cn3)n1)nn2C1CCCCO1. The Hall–Kier alpha value is -3.08. The van der Waals surface area contributed by atoms with Gasteiger partial charge in [0.2, 0.25) is 8.32 Å². The second kappa shape index (κ2) is 10.00. The Morgan fingerprint density at radius 2 is 2.03 bits per heavy atom. The minimum atomic E-state index is -2.03. The summed E-state index contributed by atoms with van der Waals surface area (Å²) in [4.78, 5) is 9.41. The van der Waals surface area contributed by atoms with Gasteiger partial charge in [0.25, 0.3) is 0 Å². The van der Waals surface area contributed by atoms with Crippen molar-refractivity contribution in [1.29, 1.82) is 0 Å². The molecule has 9 nitrogen and oxygen atoms in total. The number of hydrogen-bond donors (Lipinski definition) is 1. The molecule has 3 aromatic heterocycles. The predicted molar refractivity (Wildman–Crippen MR) is 145 cm³/mol. The molecule has 1 N–H and O–H groups in total. The lowest BCUT2D eigenvalue weighted by atomic mass is 10.1. The molecular formula is C27H36N6O3Si. The maximum absolute atomic E-state index is 9.25. The van der Waals surface area contributed by atoms with Crippen LogP contribution in [0, 0.1) is 0 Å². The fourth-order valence-electron chi connectivity index (χ4n) is 4.27. The van der Waals surface area contributed by atoms with Crippen molar-refractivity contribution in [1.82, 2.24) is 29.5 Å². The van der Waals surface area contributed by atoms with Crippen LogP contribution in [-0.2, 0) is 11.2 Å². The van der Waals surface area contributed by atoms with Crippen LogP contribution in [0.15, 0.2) is 42.9 Å². The minimum Gasteiger partial charge on any atom is -0.543 e. The van der Waals surface area contributed by atoms with Gasteiger partial charge in [0.15, 0.2) is 17.9 Å². The highest BCUT2D eigenvalue weighted by molar-refractivity contribution is 6.74. The number of ether oxygens (including phenoxy) is 1. The van der Waals surface area contributed by atoms with E-state index < -0.39 is 8.32 Å². The molecule has 0 saturated carbocycles. The Balaban J connectivity index is 1.60. The van der Waals surface area contributed by atoms with E-state index in [1.807, 2.05) is 23.0 Å². The van der Waals surface area contributed by atoms with Crippen molar-refractivity contribution in [2.24, 2.45) is 0 Å². The Kier molecular flexibility index (Phi) is 6.91. The molecule has 1 atom stereocenters.